The van der Waals surface area contributed by atoms with Gasteiger partial charge in [-0.05, 0) is 37.3 Å². The molecule has 7 nitrogen and oxygen atoms in total. The monoisotopic (exact) mass is 340 g/mol. The van der Waals surface area contributed by atoms with Gasteiger partial charge in [0, 0.05) is 18.9 Å². The molecular weight excluding hydrogens is 320 g/mol. The van der Waals surface area contributed by atoms with E-state index in [1.165, 1.54) is 0 Å². The van der Waals surface area contributed by atoms with Crippen molar-refractivity contribution in [2.75, 3.05) is 18.5 Å². The van der Waals surface area contributed by atoms with Gasteiger partial charge in [0.15, 0.2) is 0 Å². The smallest absolute Gasteiger partial charge is 0.319 e. The van der Waals surface area contributed by atoms with Gasteiger partial charge in [0.25, 0.3) is 0 Å². The zero-order valence-corrected chi connectivity index (χ0v) is 13.9. The van der Waals surface area contributed by atoms with Crippen LogP contribution in [0.4, 0.5) is 10.5 Å². The van der Waals surface area contributed by atoms with Crippen molar-refractivity contribution >= 4 is 11.7 Å². The first-order valence-electron chi connectivity index (χ1n) is 8.07. The van der Waals surface area contributed by atoms with Crippen LogP contribution in [0.3, 0.4) is 0 Å². The third-order valence-electron chi connectivity index (χ3n) is 3.61. The summed E-state index contributed by atoms with van der Waals surface area (Å²) in [5, 5.41) is 9.89. The molecule has 2 amide bonds. The number of anilines is 1. The first-order chi connectivity index (χ1) is 12.3. The van der Waals surface area contributed by atoms with Gasteiger partial charge in [-0.3, -0.25) is 4.68 Å². The van der Waals surface area contributed by atoms with Crippen molar-refractivity contribution in [3.63, 3.8) is 0 Å². The van der Waals surface area contributed by atoms with Crippen molar-refractivity contribution in [2.24, 2.45) is 0 Å². The number of benzene rings is 1. The van der Waals surface area contributed by atoms with Crippen LogP contribution in [-0.2, 0) is 0 Å². The Kier molecular flexibility index (Phi) is 5.36. The molecule has 0 bridgehead atoms. The zero-order valence-electron chi connectivity index (χ0n) is 13.9. The van der Waals surface area contributed by atoms with Crippen LogP contribution >= 0.6 is 0 Å². The van der Waals surface area contributed by atoms with E-state index < -0.39 is 0 Å². The molecule has 0 aliphatic rings. The number of hydrogen-bond donors (Lipinski definition) is 2. The van der Waals surface area contributed by atoms with Crippen molar-refractivity contribution in [1.82, 2.24) is 15.1 Å². The van der Waals surface area contributed by atoms with Crippen LogP contribution in [0.25, 0.3) is 0 Å². The summed E-state index contributed by atoms with van der Waals surface area (Å²) in [5.74, 6) is 1.36. The van der Waals surface area contributed by atoms with Crippen molar-refractivity contribution < 1.29 is 13.9 Å². The summed E-state index contributed by atoms with van der Waals surface area (Å²) >= 11 is 0. The predicted octanol–water partition coefficient (Wildman–Crippen LogP) is 3.29. The minimum Gasteiger partial charge on any atom is -0.492 e. The van der Waals surface area contributed by atoms with E-state index in [4.69, 9.17) is 9.15 Å². The molecule has 2 N–H and O–H groups in total. The number of ether oxygens (including phenoxy) is 1. The van der Waals surface area contributed by atoms with Crippen LogP contribution in [-0.4, -0.2) is 29.0 Å². The maximum Gasteiger partial charge on any atom is 0.319 e. The minimum atomic E-state index is -0.323. The standard InChI is InChI=1S/C18H20N4O3/c1-2-24-16-8-4-3-7-14(16)21-18(23)19-13-15(17-9-5-12-25-17)22-11-6-10-20-22/h3-12,15H,2,13H2,1H3,(H2,19,21,23)/t15-/m1/s1. The predicted molar refractivity (Wildman–Crippen MR) is 93.7 cm³/mol. The largest absolute Gasteiger partial charge is 0.492 e. The molecule has 3 rings (SSSR count). The number of rotatable bonds is 7. The molecule has 2 heterocycles. The Hall–Kier alpha value is -3.22. The van der Waals surface area contributed by atoms with E-state index in [1.807, 2.05) is 49.5 Å². The van der Waals surface area contributed by atoms with Gasteiger partial charge in [-0.25, -0.2) is 4.79 Å². The van der Waals surface area contributed by atoms with Crippen molar-refractivity contribution in [2.45, 2.75) is 13.0 Å². The minimum absolute atomic E-state index is 0.224. The number of aromatic nitrogens is 2. The molecule has 25 heavy (non-hydrogen) atoms. The summed E-state index contributed by atoms with van der Waals surface area (Å²) in [6, 6.07) is 12.3. The quantitative estimate of drug-likeness (QED) is 0.691. The van der Waals surface area contributed by atoms with E-state index in [-0.39, 0.29) is 12.1 Å². The number of carbonyl (C=O) groups is 1. The summed E-state index contributed by atoms with van der Waals surface area (Å²) in [6.07, 6.45) is 5.12. The molecule has 0 unspecified atom stereocenters. The molecule has 0 radical (unpaired) electrons. The van der Waals surface area contributed by atoms with Gasteiger partial charge < -0.3 is 19.8 Å². The van der Waals surface area contributed by atoms with E-state index in [0.717, 1.165) is 5.76 Å². The van der Waals surface area contributed by atoms with Gasteiger partial charge >= 0.3 is 6.03 Å². The number of amides is 2. The number of hydrogen-bond acceptors (Lipinski definition) is 4. The molecule has 3 aromatic rings. The molecule has 0 saturated carbocycles. The normalized spacial score (nSPS) is 11.7. The zero-order chi connectivity index (χ0) is 17.5. The highest BCUT2D eigenvalue weighted by atomic mass is 16.5. The number of para-hydroxylation sites is 2. The second-order valence-electron chi connectivity index (χ2n) is 5.28. The SMILES string of the molecule is CCOc1ccccc1NC(=O)NC[C@H](c1ccco1)n1cccn1. The lowest BCUT2D eigenvalue weighted by atomic mass is 10.2. The van der Waals surface area contributed by atoms with E-state index in [1.54, 1.807) is 23.2 Å². The molecule has 0 saturated heterocycles. The Balaban J connectivity index is 1.65. The fourth-order valence-corrected chi connectivity index (χ4v) is 2.48. The summed E-state index contributed by atoms with van der Waals surface area (Å²) in [7, 11) is 0. The Bertz CT molecular complexity index is 750. The summed E-state index contributed by atoms with van der Waals surface area (Å²) in [5.41, 5.74) is 0.621. The van der Waals surface area contributed by atoms with Gasteiger partial charge in [0.1, 0.15) is 17.6 Å². The second kappa shape index (κ2) is 8.05. The first-order valence-corrected chi connectivity index (χ1v) is 8.07. The molecule has 1 atom stereocenters. The summed E-state index contributed by atoms with van der Waals surface area (Å²) in [4.78, 5) is 12.3. The number of nitrogens with zero attached hydrogens (tertiary/aromatic N) is 2. The lowest BCUT2D eigenvalue weighted by molar-refractivity contribution is 0.249. The number of urea groups is 1. The molecule has 0 fully saturated rings. The Morgan fingerprint density at radius 2 is 2.16 bits per heavy atom. The molecule has 130 valence electrons. The van der Waals surface area contributed by atoms with Gasteiger partial charge in [-0.2, -0.15) is 5.10 Å². The van der Waals surface area contributed by atoms with Crippen LogP contribution in [0, 0.1) is 0 Å². The fourth-order valence-electron chi connectivity index (χ4n) is 2.48. The van der Waals surface area contributed by atoms with E-state index >= 15 is 0 Å². The molecule has 0 aliphatic heterocycles. The van der Waals surface area contributed by atoms with Crippen LogP contribution in [0.2, 0.25) is 0 Å². The van der Waals surface area contributed by atoms with Crippen molar-refractivity contribution in [1.29, 1.82) is 0 Å². The number of furan rings is 1. The Morgan fingerprint density at radius 3 is 2.88 bits per heavy atom. The van der Waals surface area contributed by atoms with E-state index in [9.17, 15) is 4.79 Å². The average Bonchev–Trinajstić information content (AvgIpc) is 3.31. The maximum absolute atomic E-state index is 12.3. The molecular formula is C18H20N4O3. The Labute approximate surface area is 145 Å². The third-order valence-corrected chi connectivity index (χ3v) is 3.61. The molecule has 0 spiro atoms. The summed E-state index contributed by atoms with van der Waals surface area (Å²) < 4.78 is 12.7. The van der Waals surface area contributed by atoms with Gasteiger partial charge in [0.05, 0.1) is 18.6 Å². The molecule has 7 heteroatoms. The average molecular weight is 340 g/mol. The third kappa shape index (κ3) is 4.20. The van der Waals surface area contributed by atoms with Crippen LogP contribution in [0.15, 0.2) is 65.5 Å². The number of carbonyl (C=O) groups excluding carboxylic acids is 1. The fraction of sp³-hybridized carbons (Fsp3) is 0.222. The van der Waals surface area contributed by atoms with Crippen LogP contribution in [0.1, 0.15) is 18.7 Å². The van der Waals surface area contributed by atoms with Gasteiger partial charge in [-0.15, -0.1) is 0 Å². The van der Waals surface area contributed by atoms with Crippen LogP contribution in [0.5, 0.6) is 5.75 Å². The van der Waals surface area contributed by atoms with Crippen molar-refractivity contribution in [3.8, 4) is 5.75 Å². The van der Waals surface area contributed by atoms with E-state index in [2.05, 4.69) is 15.7 Å². The maximum atomic E-state index is 12.3. The molecule has 2 aromatic heterocycles. The second-order valence-corrected chi connectivity index (χ2v) is 5.28. The molecule has 1 aromatic carbocycles. The highest BCUT2D eigenvalue weighted by molar-refractivity contribution is 5.90. The lowest BCUT2D eigenvalue weighted by Gasteiger charge is -2.17. The highest BCUT2D eigenvalue weighted by Crippen LogP contribution is 2.23. The van der Waals surface area contributed by atoms with E-state index in [0.29, 0.717) is 24.6 Å². The lowest BCUT2D eigenvalue weighted by Crippen LogP contribution is -2.34. The van der Waals surface area contributed by atoms with Crippen molar-refractivity contribution in [3.05, 3.63) is 66.9 Å². The summed E-state index contributed by atoms with van der Waals surface area (Å²) in [6.45, 7) is 2.76. The first kappa shape index (κ1) is 16.6. The Morgan fingerprint density at radius 1 is 1.28 bits per heavy atom. The van der Waals surface area contributed by atoms with Crippen LogP contribution < -0.4 is 15.4 Å². The number of nitrogens with one attached hydrogen (secondary N) is 2. The molecule has 0 aliphatic carbocycles. The van der Waals surface area contributed by atoms with Gasteiger partial charge in [-0.1, -0.05) is 12.1 Å². The topological polar surface area (TPSA) is 81.3 Å². The van der Waals surface area contributed by atoms with Gasteiger partial charge in [0.2, 0.25) is 0 Å². The highest BCUT2D eigenvalue weighted by Gasteiger charge is 2.18.